The molecule has 110 valence electrons. The first-order valence-electron chi connectivity index (χ1n) is 6.93. The summed E-state index contributed by atoms with van der Waals surface area (Å²) in [4.78, 5) is 25.0. The van der Waals surface area contributed by atoms with Crippen molar-refractivity contribution >= 4 is 23.2 Å². The smallest absolute Gasteiger partial charge is 0.326 e. The number of amides is 1. The van der Waals surface area contributed by atoms with Gasteiger partial charge >= 0.3 is 5.97 Å². The van der Waals surface area contributed by atoms with Crippen LogP contribution in [0.1, 0.15) is 54.4 Å². The molecule has 0 saturated heterocycles. The molecular formula is C15H21NO3S. The minimum Gasteiger partial charge on any atom is -0.480 e. The van der Waals surface area contributed by atoms with Crippen molar-refractivity contribution in [2.75, 3.05) is 0 Å². The van der Waals surface area contributed by atoms with Crippen molar-refractivity contribution in [3.05, 3.63) is 21.4 Å². The number of carbonyl (C=O) groups excluding carboxylic acids is 1. The molecule has 2 rings (SSSR count). The van der Waals surface area contributed by atoms with Crippen LogP contribution in [0.2, 0.25) is 0 Å². The zero-order valence-electron chi connectivity index (χ0n) is 12.2. The van der Waals surface area contributed by atoms with Gasteiger partial charge in [-0.3, -0.25) is 4.79 Å². The van der Waals surface area contributed by atoms with Gasteiger partial charge in [0.05, 0.1) is 5.56 Å². The number of fused-ring (bicyclic) bond motifs is 1. The van der Waals surface area contributed by atoms with Crippen molar-refractivity contribution < 1.29 is 14.7 Å². The Hall–Kier alpha value is -1.36. The Labute approximate surface area is 123 Å². The van der Waals surface area contributed by atoms with Gasteiger partial charge in [0.1, 0.15) is 6.04 Å². The van der Waals surface area contributed by atoms with Gasteiger partial charge in [-0.25, -0.2) is 4.79 Å². The molecule has 0 unspecified atom stereocenters. The second-order valence-electron chi connectivity index (χ2n) is 6.37. The first-order valence-corrected chi connectivity index (χ1v) is 7.81. The molecule has 5 heteroatoms. The first-order chi connectivity index (χ1) is 9.30. The summed E-state index contributed by atoms with van der Waals surface area (Å²) in [5.41, 5.74) is 1.27. The molecule has 0 saturated carbocycles. The summed E-state index contributed by atoms with van der Waals surface area (Å²) < 4.78 is 0. The molecule has 0 spiro atoms. The number of thiophene rings is 1. The molecule has 0 radical (unpaired) electrons. The summed E-state index contributed by atoms with van der Waals surface area (Å²) >= 11 is 1.62. The molecule has 2 N–H and O–H groups in total. The Morgan fingerprint density at radius 3 is 2.55 bits per heavy atom. The zero-order chi connectivity index (χ0) is 14.9. The highest BCUT2D eigenvalue weighted by Crippen LogP contribution is 2.30. The number of aliphatic carboxylic acids is 1. The molecule has 1 aliphatic carbocycles. The molecule has 1 aliphatic rings. The van der Waals surface area contributed by atoms with E-state index in [-0.39, 0.29) is 5.91 Å². The molecular weight excluding hydrogens is 274 g/mol. The monoisotopic (exact) mass is 295 g/mol. The Balaban J connectivity index is 2.19. The third-order valence-electron chi connectivity index (χ3n) is 3.69. The van der Waals surface area contributed by atoms with Crippen LogP contribution in [0.15, 0.2) is 5.38 Å². The molecule has 20 heavy (non-hydrogen) atoms. The highest BCUT2D eigenvalue weighted by Gasteiger charge is 2.33. The molecule has 0 bridgehead atoms. The van der Waals surface area contributed by atoms with E-state index in [2.05, 4.69) is 5.32 Å². The lowest BCUT2D eigenvalue weighted by atomic mass is 9.86. The van der Waals surface area contributed by atoms with E-state index in [9.17, 15) is 14.7 Å². The Morgan fingerprint density at radius 1 is 1.30 bits per heavy atom. The lowest BCUT2D eigenvalue weighted by Crippen LogP contribution is -2.49. The summed E-state index contributed by atoms with van der Waals surface area (Å²) in [6.07, 6.45) is 4.24. The molecule has 1 aromatic rings. The summed E-state index contributed by atoms with van der Waals surface area (Å²) in [7, 11) is 0. The largest absolute Gasteiger partial charge is 0.480 e. The topological polar surface area (TPSA) is 66.4 Å². The number of carboxylic acid groups (broad SMARTS) is 1. The molecule has 0 aromatic carbocycles. The van der Waals surface area contributed by atoms with E-state index in [1.54, 1.807) is 11.3 Å². The van der Waals surface area contributed by atoms with Crippen LogP contribution in [0.25, 0.3) is 0 Å². The maximum absolute atomic E-state index is 12.4. The highest BCUT2D eigenvalue weighted by atomic mass is 32.1. The van der Waals surface area contributed by atoms with E-state index in [1.807, 2.05) is 26.2 Å². The van der Waals surface area contributed by atoms with Crippen LogP contribution < -0.4 is 5.32 Å². The van der Waals surface area contributed by atoms with Gasteiger partial charge in [-0.15, -0.1) is 11.3 Å². The highest BCUT2D eigenvalue weighted by molar-refractivity contribution is 7.10. The average Bonchev–Trinajstić information content (AvgIpc) is 2.77. The summed E-state index contributed by atoms with van der Waals surface area (Å²) in [6, 6.07) is -0.880. The standard InChI is InChI=1S/C15H21NO3S/c1-15(2,3)12(14(18)19)16-13(17)10-8-20-11-7-5-4-6-9(10)11/h8,12H,4-7H2,1-3H3,(H,16,17)(H,18,19)/t12-/m0/s1. The van der Waals surface area contributed by atoms with Crippen LogP contribution >= 0.6 is 11.3 Å². The van der Waals surface area contributed by atoms with Crippen LogP contribution in [0.3, 0.4) is 0 Å². The molecule has 1 aromatic heterocycles. The number of hydrogen-bond donors (Lipinski definition) is 2. The number of rotatable bonds is 3. The first kappa shape index (κ1) is 15.0. The number of carboxylic acids is 1. The van der Waals surface area contributed by atoms with E-state index in [1.165, 1.54) is 11.3 Å². The number of nitrogens with one attached hydrogen (secondary N) is 1. The fraction of sp³-hybridized carbons (Fsp3) is 0.600. The second-order valence-corrected chi connectivity index (χ2v) is 7.33. The lowest BCUT2D eigenvalue weighted by molar-refractivity contribution is -0.142. The van der Waals surface area contributed by atoms with Crippen LogP contribution in [-0.4, -0.2) is 23.0 Å². The predicted octanol–water partition coefficient (Wildman–Crippen LogP) is 2.86. The van der Waals surface area contributed by atoms with Gasteiger partial charge < -0.3 is 10.4 Å². The Morgan fingerprint density at radius 2 is 1.95 bits per heavy atom. The predicted molar refractivity (Wildman–Crippen MR) is 79.3 cm³/mol. The van der Waals surface area contributed by atoms with Gasteiger partial charge in [0.15, 0.2) is 0 Å². The molecule has 0 aliphatic heterocycles. The Kier molecular flexibility index (Phi) is 4.18. The zero-order valence-corrected chi connectivity index (χ0v) is 13.0. The van der Waals surface area contributed by atoms with Gasteiger partial charge in [0.2, 0.25) is 0 Å². The van der Waals surface area contributed by atoms with E-state index in [0.717, 1.165) is 24.8 Å². The van der Waals surface area contributed by atoms with Crippen LogP contribution in [-0.2, 0) is 17.6 Å². The number of aryl methyl sites for hydroxylation is 1. The average molecular weight is 295 g/mol. The maximum Gasteiger partial charge on any atom is 0.326 e. The minimum atomic E-state index is -0.991. The van der Waals surface area contributed by atoms with Gasteiger partial charge in [-0.05, 0) is 36.7 Å². The van der Waals surface area contributed by atoms with Crippen molar-refractivity contribution in [3.8, 4) is 0 Å². The van der Waals surface area contributed by atoms with E-state index < -0.39 is 17.4 Å². The summed E-state index contributed by atoms with van der Waals surface area (Å²) in [5, 5.41) is 13.8. The summed E-state index contributed by atoms with van der Waals surface area (Å²) in [6.45, 7) is 5.44. The van der Waals surface area contributed by atoms with E-state index in [0.29, 0.717) is 5.56 Å². The van der Waals surface area contributed by atoms with Gasteiger partial charge in [-0.1, -0.05) is 20.8 Å². The second kappa shape index (κ2) is 5.56. The normalized spacial score (nSPS) is 16.4. The quantitative estimate of drug-likeness (QED) is 0.901. The third kappa shape index (κ3) is 3.03. The fourth-order valence-corrected chi connectivity index (χ4v) is 3.67. The van der Waals surface area contributed by atoms with Gasteiger partial charge in [0.25, 0.3) is 5.91 Å². The van der Waals surface area contributed by atoms with Crippen LogP contribution in [0.4, 0.5) is 0 Å². The fourth-order valence-electron chi connectivity index (χ4n) is 2.54. The van der Waals surface area contributed by atoms with Crippen LogP contribution in [0.5, 0.6) is 0 Å². The van der Waals surface area contributed by atoms with Gasteiger partial charge in [-0.2, -0.15) is 0 Å². The third-order valence-corrected chi connectivity index (χ3v) is 4.78. The van der Waals surface area contributed by atoms with Crippen molar-refractivity contribution in [1.29, 1.82) is 0 Å². The van der Waals surface area contributed by atoms with Crippen LogP contribution in [0, 0.1) is 5.41 Å². The van der Waals surface area contributed by atoms with Crippen molar-refractivity contribution in [2.45, 2.75) is 52.5 Å². The molecule has 4 nitrogen and oxygen atoms in total. The van der Waals surface area contributed by atoms with E-state index >= 15 is 0 Å². The molecule has 0 fully saturated rings. The van der Waals surface area contributed by atoms with Crippen molar-refractivity contribution in [3.63, 3.8) is 0 Å². The molecule has 1 atom stereocenters. The number of hydrogen-bond acceptors (Lipinski definition) is 3. The summed E-state index contributed by atoms with van der Waals surface area (Å²) in [5.74, 6) is -1.25. The lowest BCUT2D eigenvalue weighted by Gasteiger charge is -2.28. The van der Waals surface area contributed by atoms with Gasteiger partial charge in [0, 0.05) is 10.3 Å². The minimum absolute atomic E-state index is 0.258. The van der Waals surface area contributed by atoms with E-state index in [4.69, 9.17) is 0 Å². The SMILES string of the molecule is CC(C)(C)[C@@H](NC(=O)c1csc2c1CCCC2)C(=O)O. The molecule has 1 amide bonds. The van der Waals surface area contributed by atoms with Crippen molar-refractivity contribution in [1.82, 2.24) is 5.32 Å². The maximum atomic E-state index is 12.4. The Bertz CT molecular complexity index is 528. The molecule has 1 heterocycles. The van der Waals surface area contributed by atoms with Crippen molar-refractivity contribution in [2.24, 2.45) is 5.41 Å². The number of carbonyl (C=O) groups is 2.